The maximum atomic E-state index is 6.29. The van der Waals surface area contributed by atoms with Crippen LogP contribution < -0.4 is 10.5 Å². The Hall–Kier alpha value is -1.97. The molecule has 2 N–H and O–H groups in total. The van der Waals surface area contributed by atoms with Crippen molar-refractivity contribution in [2.24, 2.45) is 0 Å². The molecule has 20 heavy (non-hydrogen) atoms. The standard InChI is InChI=1S/C16H21N3O/c1-3-9-20-14-6-4-5-12(10-14)15-16(17)19(11(2)18-15)13-7-8-13/h4-6,10,13H,3,7-9,17H2,1-2H3. The lowest BCUT2D eigenvalue weighted by atomic mass is 10.1. The molecule has 0 aliphatic heterocycles. The summed E-state index contributed by atoms with van der Waals surface area (Å²) < 4.78 is 7.84. The number of nitrogen functional groups attached to an aromatic ring is 1. The number of aryl methyl sites for hydroxylation is 1. The number of anilines is 1. The van der Waals surface area contributed by atoms with Crippen molar-refractivity contribution in [1.82, 2.24) is 9.55 Å². The predicted octanol–water partition coefficient (Wildman–Crippen LogP) is 3.56. The fraction of sp³-hybridized carbons (Fsp3) is 0.438. The molecule has 4 heteroatoms. The predicted molar refractivity (Wildman–Crippen MR) is 80.9 cm³/mol. The average molecular weight is 271 g/mol. The van der Waals surface area contributed by atoms with Crippen LogP contribution in [0.2, 0.25) is 0 Å². The van der Waals surface area contributed by atoms with Crippen LogP contribution in [0.5, 0.6) is 5.75 Å². The molecule has 1 aliphatic carbocycles. The largest absolute Gasteiger partial charge is 0.494 e. The van der Waals surface area contributed by atoms with Gasteiger partial charge in [-0.25, -0.2) is 4.98 Å². The first-order valence-corrected chi connectivity index (χ1v) is 7.28. The van der Waals surface area contributed by atoms with Crippen molar-refractivity contribution >= 4 is 5.82 Å². The molecule has 0 spiro atoms. The zero-order valence-electron chi connectivity index (χ0n) is 12.1. The third kappa shape index (κ3) is 2.38. The molecule has 0 bridgehead atoms. The Balaban J connectivity index is 1.94. The van der Waals surface area contributed by atoms with Crippen molar-refractivity contribution < 1.29 is 4.74 Å². The molecule has 4 nitrogen and oxygen atoms in total. The number of ether oxygens (including phenoxy) is 1. The molecule has 0 amide bonds. The summed E-state index contributed by atoms with van der Waals surface area (Å²) in [6.07, 6.45) is 3.42. The van der Waals surface area contributed by atoms with E-state index in [2.05, 4.69) is 16.5 Å². The van der Waals surface area contributed by atoms with Crippen molar-refractivity contribution in [3.63, 3.8) is 0 Å². The van der Waals surface area contributed by atoms with E-state index in [0.717, 1.165) is 41.7 Å². The van der Waals surface area contributed by atoms with Crippen LogP contribution in [0.15, 0.2) is 24.3 Å². The Morgan fingerprint density at radius 1 is 1.40 bits per heavy atom. The molecule has 106 valence electrons. The number of hydrogen-bond donors (Lipinski definition) is 1. The lowest BCUT2D eigenvalue weighted by molar-refractivity contribution is 0.317. The second-order valence-electron chi connectivity index (χ2n) is 5.37. The lowest BCUT2D eigenvalue weighted by Gasteiger charge is -2.07. The summed E-state index contributed by atoms with van der Waals surface area (Å²) in [7, 11) is 0. The summed E-state index contributed by atoms with van der Waals surface area (Å²) in [5.41, 5.74) is 8.19. The van der Waals surface area contributed by atoms with E-state index >= 15 is 0 Å². The Morgan fingerprint density at radius 3 is 2.90 bits per heavy atom. The Bertz CT molecular complexity index is 614. The van der Waals surface area contributed by atoms with Gasteiger partial charge in [0.1, 0.15) is 23.1 Å². The lowest BCUT2D eigenvalue weighted by Crippen LogP contribution is -2.02. The van der Waals surface area contributed by atoms with Crippen LogP contribution in [0.4, 0.5) is 5.82 Å². The Morgan fingerprint density at radius 2 is 2.20 bits per heavy atom. The highest BCUT2D eigenvalue weighted by atomic mass is 16.5. The highest BCUT2D eigenvalue weighted by Crippen LogP contribution is 2.40. The smallest absolute Gasteiger partial charge is 0.131 e. The van der Waals surface area contributed by atoms with Gasteiger partial charge in [0, 0.05) is 11.6 Å². The molecule has 3 rings (SSSR count). The van der Waals surface area contributed by atoms with E-state index in [1.165, 1.54) is 12.8 Å². The summed E-state index contributed by atoms with van der Waals surface area (Å²) in [6.45, 7) is 4.85. The third-order valence-electron chi connectivity index (χ3n) is 3.62. The SMILES string of the molecule is CCCOc1cccc(-c2nc(C)n(C3CC3)c2N)c1. The van der Waals surface area contributed by atoms with E-state index in [9.17, 15) is 0 Å². The van der Waals surface area contributed by atoms with E-state index < -0.39 is 0 Å². The van der Waals surface area contributed by atoms with Crippen molar-refractivity contribution in [3.8, 4) is 17.0 Å². The third-order valence-corrected chi connectivity index (χ3v) is 3.62. The summed E-state index contributed by atoms with van der Waals surface area (Å²) in [5, 5.41) is 0. The minimum atomic E-state index is 0.552. The number of nitrogens with zero attached hydrogens (tertiary/aromatic N) is 2. The van der Waals surface area contributed by atoms with Crippen LogP contribution in [0.25, 0.3) is 11.3 Å². The zero-order chi connectivity index (χ0) is 14.1. The highest BCUT2D eigenvalue weighted by Gasteiger charge is 2.28. The van der Waals surface area contributed by atoms with Crippen LogP contribution in [-0.2, 0) is 0 Å². The van der Waals surface area contributed by atoms with Gasteiger partial charge in [0.05, 0.1) is 6.61 Å². The highest BCUT2D eigenvalue weighted by molar-refractivity contribution is 5.72. The maximum absolute atomic E-state index is 6.29. The van der Waals surface area contributed by atoms with Gasteiger partial charge in [0.25, 0.3) is 0 Å². The molecule has 1 fully saturated rings. The van der Waals surface area contributed by atoms with Gasteiger partial charge < -0.3 is 15.0 Å². The molecule has 1 aromatic carbocycles. The van der Waals surface area contributed by atoms with Crippen molar-refractivity contribution in [1.29, 1.82) is 0 Å². The van der Waals surface area contributed by atoms with E-state index in [1.807, 2.05) is 31.2 Å². The minimum absolute atomic E-state index is 0.552. The number of imidazole rings is 1. The van der Waals surface area contributed by atoms with E-state index in [-0.39, 0.29) is 0 Å². The van der Waals surface area contributed by atoms with Crippen LogP contribution in [0.3, 0.4) is 0 Å². The van der Waals surface area contributed by atoms with Crippen molar-refractivity contribution in [3.05, 3.63) is 30.1 Å². The average Bonchev–Trinajstić information content (AvgIpc) is 3.23. The molecule has 2 aromatic rings. The summed E-state index contributed by atoms with van der Waals surface area (Å²) >= 11 is 0. The molecule has 1 heterocycles. The summed E-state index contributed by atoms with van der Waals surface area (Å²) in [5.74, 6) is 2.65. The number of hydrogen-bond acceptors (Lipinski definition) is 3. The molecule has 0 atom stereocenters. The molecule has 1 saturated carbocycles. The van der Waals surface area contributed by atoms with Gasteiger partial charge in [-0.05, 0) is 38.3 Å². The second kappa shape index (κ2) is 5.19. The van der Waals surface area contributed by atoms with Crippen LogP contribution in [0.1, 0.15) is 38.1 Å². The van der Waals surface area contributed by atoms with Gasteiger partial charge in [-0.2, -0.15) is 0 Å². The van der Waals surface area contributed by atoms with Crippen LogP contribution in [-0.4, -0.2) is 16.2 Å². The van der Waals surface area contributed by atoms with Gasteiger partial charge in [-0.3, -0.25) is 0 Å². The topological polar surface area (TPSA) is 53.1 Å². The molecule has 0 saturated heterocycles. The number of rotatable bonds is 5. The van der Waals surface area contributed by atoms with Crippen molar-refractivity contribution in [2.45, 2.75) is 39.2 Å². The normalized spacial score (nSPS) is 14.5. The number of benzene rings is 1. The second-order valence-corrected chi connectivity index (χ2v) is 5.37. The summed E-state index contributed by atoms with van der Waals surface area (Å²) in [4.78, 5) is 4.65. The maximum Gasteiger partial charge on any atom is 0.131 e. The van der Waals surface area contributed by atoms with Crippen LogP contribution >= 0.6 is 0 Å². The molecular formula is C16H21N3O. The Labute approximate surface area is 119 Å². The molecule has 0 radical (unpaired) electrons. The molecule has 1 aliphatic rings. The van der Waals surface area contributed by atoms with E-state index in [0.29, 0.717) is 6.04 Å². The van der Waals surface area contributed by atoms with Crippen molar-refractivity contribution in [2.75, 3.05) is 12.3 Å². The quantitative estimate of drug-likeness (QED) is 0.904. The molecule has 0 unspecified atom stereocenters. The van der Waals surface area contributed by atoms with Gasteiger partial charge in [-0.15, -0.1) is 0 Å². The fourth-order valence-electron chi connectivity index (χ4n) is 2.52. The Kier molecular flexibility index (Phi) is 3.38. The first-order valence-electron chi connectivity index (χ1n) is 7.28. The monoisotopic (exact) mass is 271 g/mol. The first kappa shape index (κ1) is 13.0. The van der Waals surface area contributed by atoms with Gasteiger partial charge >= 0.3 is 0 Å². The first-order chi connectivity index (χ1) is 9.70. The summed E-state index contributed by atoms with van der Waals surface area (Å²) in [6, 6.07) is 8.57. The number of nitrogens with two attached hydrogens (primary N) is 1. The molecule has 1 aromatic heterocycles. The van der Waals surface area contributed by atoms with E-state index in [4.69, 9.17) is 10.5 Å². The fourth-order valence-corrected chi connectivity index (χ4v) is 2.52. The van der Waals surface area contributed by atoms with Gasteiger partial charge in [0.15, 0.2) is 0 Å². The van der Waals surface area contributed by atoms with Gasteiger partial charge in [0.2, 0.25) is 0 Å². The zero-order valence-corrected chi connectivity index (χ0v) is 12.1. The molecular weight excluding hydrogens is 250 g/mol. The number of aromatic nitrogens is 2. The van der Waals surface area contributed by atoms with Gasteiger partial charge in [-0.1, -0.05) is 19.1 Å². The van der Waals surface area contributed by atoms with E-state index in [1.54, 1.807) is 0 Å². The van der Waals surface area contributed by atoms with Crippen LogP contribution in [0, 0.1) is 6.92 Å². The minimum Gasteiger partial charge on any atom is -0.494 e.